The summed E-state index contributed by atoms with van der Waals surface area (Å²) < 4.78 is 0. The normalized spacial score (nSPS) is 15.6. The molecule has 5 heteroatoms. The Morgan fingerprint density at radius 1 is 1.55 bits per heavy atom. The molecule has 0 aromatic carbocycles. The third-order valence-corrected chi connectivity index (χ3v) is 1.38. The van der Waals surface area contributed by atoms with Gasteiger partial charge in [0, 0.05) is 12.3 Å². The van der Waals surface area contributed by atoms with Crippen LogP contribution in [0.25, 0.3) is 0 Å². The smallest absolute Gasteiger partial charge is 0.0905 e. The SMILES string of the molecule is CC(O)C(=N)C(N)C(=N)CN. The van der Waals surface area contributed by atoms with Gasteiger partial charge in [0.15, 0.2) is 0 Å². The molecule has 2 unspecified atom stereocenters. The van der Waals surface area contributed by atoms with E-state index < -0.39 is 12.1 Å². The first-order chi connectivity index (χ1) is 5.00. The molecule has 64 valence electrons. The quantitative estimate of drug-likeness (QED) is 0.327. The summed E-state index contributed by atoms with van der Waals surface area (Å²) >= 11 is 0. The van der Waals surface area contributed by atoms with Crippen molar-refractivity contribution in [3.63, 3.8) is 0 Å². The summed E-state index contributed by atoms with van der Waals surface area (Å²) in [6.45, 7) is 1.46. The largest absolute Gasteiger partial charge is 0.387 e. The van der Waals surface area contributed by atoms with Gasteiger partial charge < -0.3 is 27.4 Å². The van der Waals surface area contributed by atoms with Gasteiger partial charge in [0.25, 0.3) is 0 Å². The van der Waals surface area contributed by atoms with Crippen molar-refractivity contribution in [1.82, 2.24) is 0 Å². The molecular weight excluding hydrogens is 144 g/mol. The molecule has 0 radical (unpaired) electrons. The second-order valence-corrected chi connectivity index (χ2v) is 2.34. The van der Waals surface area contributed by atoms with Crippen molar-refractivity contribution < 1.29 is 5.11 Å². The zero-order valence-electron chi connectivity index (χ0n) is 6.46. The zero-order valence-corrected chi connectivity index (χ0v) is 6.46. The first-order valence-corrected chi connectivity index (χ1v) is 3.30. The van der Waals surface area contributed by atoms with E-state index in [1.807, 2.05) is 0 Å². The lowest BCUT2D eigenvalue weighted by Crippen LogP contribution is -2.45. The molecule has 0 aliphatic rings. The third kappa shape index (κ3) is 2.75. The molecule has 0 heterocycles. The number of aliphatic hydroxyl groups is 1. The third-order valence-electron chi connectivity index (χ3n) is 1.38. The molecule has 7 N–H and O–H groups in total. The molecule has 0 aliphatic carbocycles. The summed E-state index contributed by atoms with van der Waals surface area (Å²) in [6.07, 6.45) is -0.906. The molecule has 0 amide bonds. The highest BCUT2D eigenvalue weighted by Crippen LogP contribution is 1.91. The van der Waals surface area contributed by atoms with Crippen LogP contribution in [-0.2, 0) is 0 Å². The van der Waals surface area contributed by atoms with Crippen LogP contribution < -0.4 is 11.5 Å². The minimum atomic E-state index is -0.906. The minimum absolute atomic E-state index is 0.0241. The van der Waals surface area contributed by atoms with E-state index in [-0.39, 0.29) is 18.0 Å². The second kappa shape index (κ2) is 4.17. The van der Waals surface area contributed by atoms with Crippen molar-refractivity contribution in [2.75, 3.05) is 6.54 Å². The fourth-order valence-electron chi connectivity index (χ4n) is 0.575. The Balaban J connectivity index is 4.13. The molecule has 0 aromatic rings. The van der Waals surface area contributed by atoms with Crippen LogP contribution in [0.5, 0.6) is 0 Å². The van der Waals surface area contributed by atoms with Gasteiger partial charge >= 0.3 is 0 Å². The Kier molecular flexibility index (Phi) is 3.88. The molecule has 0 rings (SSSR count). The Labute approximate surface area is 65.4 Å². The summed E-state index contributed by atoms with van der Waals surface area (Å²) in [7, 11) is 0. The molecule has 0 bridgehead atoms. The maximum atomic E-state index is 8.89. The van der Waals surface area contributed by atoms with Crippen molar-refractivity contribution >= 4 is 11.4 Å². The fourth-order valence-corrected chi connectivity index (χ4v) is 0.575. The van der Waals surface area contributed by atoms with Crippen LogP contribution in [0.1, 0.15) is 6.92 Å². The maximum Gasteiger partial charge on any atom is 0.0905 e. The summed E-state index contributed by atoms with van der Waals surface area (Å²) in [4.78, 5) is 0. The Morgan fingerprint density at radius 2 is 2.00 bits per heavy atom. The highest BCUT2D eigenvalue weighted by atomic mass is 16.3. The van der Waals surface area contributed by atoms with Gasteiger partial charge in [-0.05, 0) is 6.92 Å². The van der Waals surface area contributed by atoms with Gasteiger partial charge in [0.1, 0.15) is 0 Å². The number of aliphatic hydroxyl groups excluding tert-OH is 1. The molecule has 0 aliphatic heterocycles. The second-order valence-electron chi connectivity index (χ2n) is 2.34. The maximum absolute atomic E-state index is 8.89. The molecular formula is C6H14N4O. The topological polar surface area (TPSA) is 120 Å². The highest BCUT2D eigenvalue weighted by Gasteiger charge is 2.17. The molecule has 0 aromatic heterocycles. The molecule has 0 spiro atoms. The van der Waals surface area contributed by atoms with E-state index in [9.17, 15) is 0 Å². The summed E-state index contributed by atoms with van der Waals surface area (Å²) in [5.74, 6) is 0. The van der Waals surface area contributed by atoms with E-state index >= 15 is 0 Å². The van der Waals surface area contributed by atoms with Gasteiger partial charge in [-0.3, -0.25) is 0 Å². The zero-order chi connectivity index (χ0) is 9.02. The molecule has 11 heavy (non-hydrogen) atoms. The van der Waals surface area contributed by atoms with E-state index in [4.69, 9.17) is 27.4 Å². The van der Waals surface area contributed by atoms with Crippen LogP contribution in [0, 0.1) is 10.8 Å². The van der Waals surface area contributed by atoms with E-state index in [0.717, 1.165) is 0 Å². The molecule has 2 atom stereocenters. The molecule has 5 nitrogen and oxygen atoms in total. The monoisotopic (exact) mass is 158 g/mol. The Bertz CT molecular complexity index is 166. The first kappa shape index (κ1) is 10.2. The minimum Gasteiger partial charge on any atom is -0.387 e. The summed E-state index contributed by atoms with van der Waals surface area (Å²) in [5, 5.41) is 23.3. The van der Waals surface area contributed by atoms with Crippen LogP contribution in [0.2, 0.25) is 0 Å². The van der Waals surface area contributed by atoms with Crippen molar-refractivity contribution in [2.24, 2.45) is 11.5 Å². The van der Waals surface area contributed by atoms with Crippen LogP contribution >= 0.6 is 0 Å². The predicted octanol–water partition coefficient (Wildman–Crippen LogP) is -1.31. The van der Waals surface area contributed by atoms with E-state index in [1.165, 1.54) is 6.92 Å². The molecule has 0 fully saturated rings. The van der Waals surface area contributed by atoms with E-state index in [0.29, 0.717) is 0 Å². The van der Waals surface area contributed by atoms with Crippen LogP contribution in [-0.4, -0.2) is 35.2 Å². The van der Waals surface area contributed by atoms with Gasteiger partial charge in [-0.15, -0.1) is 0 Å². The van der Waals surface area contributed by atoms with Crippen LogP contribution in [0.3, 0.4) is 0 Å². The highest BCUT2D eigenvalue weighted by molar-refractivity contribution is 6.10. The number of nitrogens with two attached hydrogens (primary N) is 2. The van der Waals surface area contributed by atoms with Gasteiger partial charge in [-0.1, -0.05) is 0 Å². The fraction of sp³-hybridized carbons (Fsp3) is 0.667. The van der Waals surface area contributed by atoms with E-state index in [2.05, 4.69) is 0 Å². The number of hydrogen-bond donors (Lipinski definition) is 5. The Morgan fingerprint density at radius 3 is 2.27 bits per heavy atom. The van der Waals surface area contributed by atoms with Gasteiger partial charge in [0.2, 0.25) is 0 Å². The van der Waals surface area contributed by atoms with Crippen molar-refractivity contribution in [2.45, 2.75) is 19.1 Å². The number of rotatable bonds is 4. The lowest BCUT2D eigenvalue weighted by molar-refractivity contribution is 0.258. The summed E-state index contributed by atoms with van der Waals surface area (Å²) in [6, 6.07) is -0.833. The van der Waals surface area contributed by atoms with Crippen LogP contribution in [0.15, 0.2) is 0 Å². The lowest BCUT2D eigenvalue weighted by Gasteiger charge is -2.14. The first-order valence-electron chi connectivity index (χ1n) is 3.30. The lowest BCUT2D eigenvalue weighted by atomic mass is 10.0. The van der Waals surface area contributed by atoms with E-state index in [1.54, 1.807) is 0 Å². The van der Waals surface area contributed by atoms with Gasteiger partial charge in [-0.2, -0.15) is 0 Å². The van der Waals surface area contributed by atoms with Gasteiger partial charge in [-0.25, -0.2) is 0 Å². The summed E-state index contributed by atoms with van der Waals surface area (Å²) in [5.41, 5.74) is 10.5. The molecule has 0 saturated heterocycles. The Hall–Kier alpha value is -0.780. The molecule has 0 saturated carbocycles. The van der Waals surface area contributed by atoms with Gasteiger partial charge in [0.05, 0.1) is 17.9 Å². The standard InChI is InChI=1S/C6H14N4O/c1-3(11)5(9)6(10)4(8)2-7/h3,6,8-9,11H,2,7,10H2,1H3. The average Bonchev–Trinajstić information content (AvgIpc) is 2.00. The average molecular weight is 158 g/mol. The van der Waals surface area contributed by atoms with Crippen molar-refractivity contribution in [3.05, 3.63) is 0 Å². The predicted molar refractivity (Wildman–Crippen MR) is 44.2 cm³/mol. The van der Waals surface area contributed by atoms with Crippen LogP contribution in [0.4, 0.5) is 0 Å². The number of hydrogen-bond acceptors (Lipinski definition) is 5. The number of nitrogens with one attached hydrogen (secondary N) is 2. The van der Waals surface area contributed by atoms with Crippen molar-refractivity contribution in [1.29, 1.82) is 10.8 Å². The van der Waals surface area contributed by atoms with Crippen molar-refractivity contribution in [3.8, 4) is 0 Å².